The van der Waals surface area contributed by atoms with E-state index in [1.165, 1.54) is 0 Å². The third-order valence-corrected chi connectivity index (χ3v) is 5.71. The topological polar surface area (TPSA) is 293 Å². The van der Waals surface area contributed by atoms with Crippen LogP contribution in [0.3, 0.4) is 0 Å². The molecule has 0 fully saturated rings. The third kappa shape index (κ3) is 3.80. The van der Waals surface area contributed by atoms with Gasteiger partial charge in [-0.1, -0.05) is 12.1 Å². The van der Waals surface area contributed by atoms with Crippen molar-refractivity contribution in [2.45, 2.75) is 9.79 Å². The van der Waals surface area contributed by atoms with Crippen molar-refractivity contribution >= 4 is 44.0 Å². The fourth-order valence-corrected chi connectivity index (χ4v) is 4.47. The van der Waals surface area contributed by atoms with Crippen molar-refractivity contribution in [3.63, 3.8) is 0 Å². The molecule has 0 saturated heterocycles. The van der Waals surface area contributed by atoms with E-state index in [1.54, 1.807) is 0 Å². The maximum atomic E-state index is 13.1. The number of sulfone groups is 1. The molecule has 0 heterocycles. The van der Waals surface area contributed by atoms with E-state index in [1.807, 2.05) is 0 Å². The van der Waals surface area contributed by atoms with E-state index in [9.17, 15) is 69.1 Å². The molecule has 33 heavy (non-hydrogen) atoms. The zero-order valence-corrected chi connectivity index (χ0v) is 15.9. The molecule has 172 valence electrons. The number of nitro benzene ring substituents is 6. The molecular weight excluding hydrogens is 484 g/mol. The molecule has 0 N–H and O–H groups in total. The van der Waals surface area contributed by atoms with Gasteiger partial charge >= 0.3 is 28.4 Å². The maximum Gasteiger partial charge on any atom is 0.437 e. The van der Waals surface area contributed by atoms with Crippen LogP contribution < -0.4 is 0 Å². The first-order chi connectivity index (χ1) is 15.2. The van der Waals surface area contributed by atoms with Gasteiger partial charge < -0.3 is 0 Å². The smallest absolute Gasteiger partial charge is 0.258 e. The zero-order valence-electron chi connectivity index (χ0n) is 15.1. The summed E-state index contributed by atoms with van der Waals surface area (Å²) in [5.41, 5.74) is -13.0. The van der Waals surface area contributed by atoms with E-state index in [4.69, 9.17) is 0 Å². The Hall–Kier alpha value is -5.21. The Morgan fingerprint density at radius 3 is 1.18 bits per heavy atom. The van der Waals surface area contributed by atoms with Gasteiger partial charge in [-0.15, -0.1) is 0 Å². The molecule has 0 aliphatic heterocycles. The molecular formula is C12H4N6O14S. The minimum Gasteiger partial charge on any atom is -0.258 e. The predicted molar refractivity (Wildman–Crippen MR) is 98.3 cm³/mol. The molecule has 2 rings (SSSR count). The highest BCUT2D eigenvalue weighted by Gasteiger charge is 2.58. The Balaban J connectivity index is 3.42. The minimum atomic E-state index is -5.88. The molecule has 20 nitrogen and oxygen atoms in total. The predicted octanol–water partition coefficient (Wildman–Crippen LogP) is 1.97. The van der Waals surface area contributed by atoms with Gasteiger partial charge in [-0.05, 0) is 6.07 Å². The van der Waals surface area contributed by atoms with Gasteiger partial charge in [0.25, 0.3) is 5.69 Å². The van der Waals surface area contributed by atoms with Crippen molar-refractivity contribution in [2.75, 3.05) is 0 Å². The Labute approximate surface area is 177 Å². The highest BCUT2D eigenvalue weighted by molar-refractivity contribution is 7.92. The van der Waals surface area contributed by atoms with Crippen molar-refractivity contribution in [3.8, 4) is 0 Å². The summed E-state index contributed by atoms with van der Waals surface area (Å²) >= 11 is 0. The Morgan fingerprint density at radius 2 is 0.848 bits per heavy atom. The van der Waals surface area contributed by atoms with Gasteiger partial charge in [0, 0.05) is 6.07 Å². The number of nitro groups is 6. The van der Waals surface area contributed by atoms with Gasteiger partial charge in [0.2, 0.25) is 14.7 Å². The average molecular weight is 488 g/mol. The summed E-state index contributed by atoms with van der Waals surface area (Å²) in [5.74, 6) is 0. The molecule has 0 saturated carbocycles. The van der Waals surface area contributed by atoms with Crippen LogP contribution in [-0.2, 0) is 9.84 Å². The molecule has 21 heteroatoms. The van der Waals surface area contributed by atoms with E-state index in [0.717, 1.165) is 12.1 Å². The summed E-state index contributed by atoms with van der Waals surface area (Å²) in [6.07, 6.45) is 0. The molecule has 2 aromatic carbocycles. The highest BCUT2D eigenvalue weighted by atomic mass is 32.2. The summed E-state index contributed by atoms with van der Waals surface area (Å²) in [7, 11) is -5.88. The summed E-state index contributed by atoms with van der Waals surface area (Å²) in [6, 6.07) is 2.77. The molecule has 0 spiro atoms. The highest BCUT2D eigenvalue weighted by Crippen LogP contribution is 2.54. The van der Waals surface area contributed by atoms with Gasteiger partial charge in [0.05, 0.1) is 29.5 Å². The van der Waals surface area contributed by atoms with Gasteiger partial charge in [0.1, 0.15) is 4.90 Å². The van der Waals surface area contributed by atoms with Crippen LogP contribution in [0.25, 0.3) is 0 Å². The minimum absolute atomic E-state index is 0.444. The van der Waals surface area contributed by atoms with Crippen LogP contribution >= 0.6 is 0 Å². The third-order valence-electron chi connectivity index (χ3n) is 3.86. The number of hydrogen-bond acceptors (Lipinski definition) is 14. The van der Waals surface area contributed by atoms with Crippen LogP contribution in [0.4, 0.5) is 34.1 Å². The number of hydrogen-bond donors (Lipinski definition) is 0. The number of rotatable bonds is 8. The lowest BCUT2D eigenvalue weighted by atomic mass is 10.1. The monoisotopic (exact) mass is 488 g/mol. The molecule has 0 bridgehead atoms. The summed E-state index contributed by atoms with van der Waals surface area (Å²) < 4.78 is 26.2. The largest absolute Gasteiger partial charge is 0.437 e. The van der Waals surface area contributed by atoms with Gasteiger partial charge in [-0.25, -0.2) is 8.42 Å². The average Bonchev–Trinajstić information content (AvgIpc) is 2.70. The van der Waals surface area contributed by atoms with Gasteiger partial charge in [-0.3, -0.25) is 60.7 Å². The van der Waals surface area contributed by atoms with E-state index in [-0.39, 0.29) is 0 Å². The SMILES string of the molecule is O=[N+]([O-])c1ccccc1S(=O)(=O)c1c([N+](=O)[O-])c([N+](=O)[O-])c([N+](=O)[O-])c([N+](=O)[O-])c1[N+](=O)[O-]. The number of para-hydroxylation sites is 1. The first-order valence-electron chi connectivity index (χ1n) is 7.60. The van der Waals surface area contributed by atoms with E-state index in [2.05, 4.69) is 0 Å². The molecule has 0 aliphatic rings. The van der Waals surface area contributed by atoms with Crippen LogP contribution in [0, 0.1) is 60.7 Å². The van der Waals surface area contributed by atoms with Crippen molar-refractivity contribution in [1.29, 1.82) is 0 Å². The summed E-state index contributed by atoms with van der Waals surface area (Å²) in [4.78, 5) is 53.8. The number of benzene rings is 2. The lowest BCUT2D eigenvalue weighted by molar-refractivity contribution is -0.462. The van der Waals surface area contributed by atoms with Gasteiger partial charge in [-0.2, -0.15) is 0 Å². The van der Waals surface area contributed by atoms with Crippen molar-refractivity contribution < 1.29 is 38.0 Å². The van der Waals surface area contributed by atoms with Crippen molar-refractivity contribution in [2.24, 2.45) is 0 Å². The van der Waals surface area contributed by atoms with Crippen LogP contribution in [0.5, 0.6) is 0 Å². The van der Waals surface area contributed by atoms with E-state index >= 15 is 0 Å². The molecule has 0 aliphatic carbocycles. The van der Waals surface area contributed by atoms with Gasteiger partial charge in [0.15, 0.2) is 0 Å². The second-order valence-electron chi connectivity index (χ2n) is 5.59. The van der Waals surface area contributed by atoms with E-state index < -0.39 is 83.3 Å². The second-order valence-corrected chi connectivity index (χ2v) is 7.44. The lowest BCUT2D eigenvalue weighted by Gasteiger charge is -2.08. The quantitative estimate of drug-likeness (QED) is 0.379. The Morgan fingerprint density at radius 1 is 0.515 bits per heavy atom. The Kier molecular flexibility index (Phi) is 5.93. The van der Waals surface area contributed by atoms with Crippen LogP contribution in [0.2, 0.25) is 0 Å². The normalized spacial score (nSPS) is 10.9. The fraction of sp³-hybridized carbons (Fsp3) is 0. The second kappa shape index (κ2) is 8.14. The molecule has 0 unspecified atom stereocenters. The number of nitrogens with zero attached hydrogens (tertiary/aromatic N) is 6. The fourth-order valence-electron chi connectivity index (χ4n) is 2.72. The first-order valence-corrected chi connectivity index (χ1v) is 9.08. The summed E-state index contributed by atoms with van der Waals surface area (Å²) in [5, 5.41) is 68.4. The molecule has 0 atom stereocenters. The van der Waals surface area contributed by atoms with Crippen molar-refractivity contribution in [3.05, 3.63) is 85.0 Å². The molecule has 0 aromatic heterocycles. The van der Waals surface area contributed by atoms with Crippen LogP contribution in [0.1, 0.15) is 0 Å². The molecule has 0 amide bonds. The van der Waals surface area contributed by atoms with Crippen LogP contribution in [0.15, 0.2) is 34.1 Å². The molecule has 2 aromatic rings. The summed E-state index contributed by atoms with van der Waals surface area (Å²) in [6.45, 7) is 0. The van der Waals surface area contributed by atoms with Crippen molar-refractivity contribution in [1.82, 2.24) is 0 Å². The Bertz CT molecular complexity index is 1350. The lowest BCUT2D eigenvalue weighted by Crippen LogP contribution is -2.15. The van der Waals surface area contributed by atoms with E-state index in [0.29, 0.717) is 12.1 Å². The maximum absolute atomic E-state index is 13.1. The van der Waals surface area contributed by atoms with Crippen LogP contribution in [-0.4, -0.2) is 38.0 Å². The first kappa shape index (κ1) is 24.1. The molecule has 0 radical (unpaired) electrons. The standard InChI is InChI=1S/C12H4N6O14S/c19-13(20)5-3-1-2-4-6(5)33(31,32)12-10(17(27)28)8(15(23)24)7(14(21)22)9(16(25)26)11(12)18(29)30/h1-4H. The zero-order chi connectivity index (χ0) is 25.4.